The Kier molecular flexibility index (Phi) is 4.17. The van der Waals surface area contributed by atoms with Gasteiger partial charge in [-0.3, -0.25) is 9.59 Å². The average molecular weight is 302 g/mol. The van der Waals surface area contributed by atoms with Gasteiger partial charge in [-0.25, -0.2) is 13.2 Å². The van der Waals surface area contributed by atoms with Crippen LogP contribution in [0.25, 0.3) is 0 Å². The Bertz CT molecular complexity index is 565. The fraction of sp³-hybridized carbons (Fsp3) is 0.385. The second kappa shape index (κ2) is 5.72. The van der Waals surface area contributed by atoms with Crippen molar-refractivity contribution in [3.8, 4) is 0 Å². The quantitative estimate of drug-likeness (QED) is 0.572. The zero-order valence-electron chi connectivity index (χ0n) is 10.9. The second-order valence-corrected chi connectivity index (χ2v) is 5.05. The molecule has 0 saturated heterocycles. The molecule has 8 heteroatoms. The molecule has 1 aliphatic carbocycles. The minimum absolute atomic E-state index is 0.0940. The molecule has 0 aliphatic heterocycles. The highest BCUT2D eigenvalue weighted by Gasteiger charge is 2.42. The number of aliphatic hydroxyl groups excluding tert-OH is 1. The average Bonchev–Trinajstić information content (AvgIpc) is 3.22. The van der Waals surface area contributed by atoms with Gasteiger partial charge < -0.3 is 15.7 Å². The van der Waals surface area contributed by atoms with E-state index in [1.807, 2.05) is 5.32 Å². The third-order valence-electron chi connectivity index (χ3n) is 3.36. The molecular weight excluding hydrogens is 289 g/mol. The van der Waals surface area contributed by atoms with Gasteiger partial charge in [0.25, 0.3) is 0 Å². The largest absolute Gasteiger partial charge is 0.396 e. The number of hydrogen-bond donors (Lipinski definition) is 3. The van der Waals surface area contributed by atoms with E-state index in [-0.39, 0.29) is 24.3 Å². The summed E-state index contributed by atoms with van der Waals surface area (Å²) in [6.07, 6.45) is 1.50. The molecule has 2 rings (SSSR count). The Morgan fingerprint density at radius 3 is 2.19 bits per heavy atom. The van der Waals surface area contributed by atoms with Crippen LogP contribution in [0.4, 0.5) is 18.9 Å². The molecule has 5 nitrogen and oxygen atoms in total. The van der Waals surface area contributed by atoms with Gasteiger partial charge in [-0.1, -0.05) is 0 Å². The third kappa shape index (κ3) is 3.52. The molecule has 21 heavy (non-hydrogen) atoms. The van der Waals surface area contributed by atoms with Crippen molar-refractivity contribution in [2.45, 2.75) is 12.8 Å². The van der Waals surface area contributed by atoms with Gasteiger partial charge in [-0.15, -0.1) is 0 Å². The summed E-state index contributed by atoms with van der Waals surface area (Å²) < 4.78 is 38.6. The van der Waals surface area contributed by atoms with Gasteiger partial charge in [-0.05, 0) is 12.8 Å². The Morgan fingerprint density at radius 2 is 1.71 bits per heavy atom. The second-order valence-electron chi connectivity index (χ2n) is 5.05. The monoisotopic (exact) mass is 302 g/mol. The number of carbonyl (C=O) groups excluding carboxylic acids is 2. The number of aliphatic hydroxyl groups is 1. The summed E-state index contributed by atoms with van der Waals surface area (Å²) in [5.74, 6) is -6.73. The smallest absolute Gasteiger partial charge is 0.313 e. The van der Waals surface area contributed by atoms with E-state index in [4.69, 9.17) is 5.11 Å². The summed E-state index contributed by atoms with van der Waals surface area (Å²) in [7, 11) is 0. The van der Waals surface area contributed by atoms with Crippen molar-refractivity contribution in [2.24, 2.45) is 5.41 Å². The molecular formula is C13H13F3N2O3. The highest BCUT2D eigenvalue weighted by molar-refractivity contribution is 6.39. The van der Waals surface area contributed by atoms with E-state index in [0.29, 0.717) is 12.1 Å². The fourth-order valence-corrected chi connectivity index (χ4v) is 1.73. The molecule has 1 saturated carbocycles. The molecule has 2 amide bonds. The number of hydrogen-bond acceptors (Lipinski definition) is 3. The molecule has 1 aromatic carbocycles. The van der Waals surface area contributed by atoms with E-state index in [2.05, 4.69) is 5.32 Å². The Morgan fingerprint density at radius 1 is 1.14 bits per heavy atom. The number of anilines is 1. The third-order valence-corrected chi connectivity index (χ3v) is 3.36. The van der Waals surface area contributed by atoms with Crippen molar-refractivity contribution in [3.63, 3.8) is 0 Å². The number of halogens is 3. The number of rotatable bonds is 4. The lowest BCUT2D eigenvalue weighted by molar-refractivity contribution is -0.136. The van der Waals surface area contributed by atoms with E-state index in [1.165, 1.54) is 0 Å². The Balaban J connectivity index is 1.93. The molecule has 1 aromatic rings. The van der Waals surface area contributed by atoms with Crippen LogP contribution in [-0.2, 0) is 9.59 Å². The fourth-order valence-electron chi connectivity index (χ4n) is 1.73. The van der Waals surface area contributed by atoms with Gasteiger partial charge in [0.05, 0.1) is 6.61 Å². The van der Waals surface area contributed by atoms with Crippen LogP contribution in [0.3, 0.4) is 0 Å². The van der Waals surface area contributed by atoms with Crippen LogP contribution in [0.1, 0.15) is 12.8 Å². The van der Waals surface area contributed by atoms with Crippen molar-refractivity contribution in [3.05, 3.63) is 29.6 Å². The van der Waals surface area contributed by atoms with E-state index in [0.717, 1.165) is 12.8 Å². The van der Waals surface area contributed by atoms with E-state index < -0.39 is 29.3 Å². The number of carbonyl (C=O) groups is 2. The molecule has 0 bridgehead atoms. The van der Waals surface area contributed by atoms with Crippen LogP contribution in [0.5, 0.6) is 0 Å². The summed E-state index contributed by atoms with van der Waals surface area (Å²) in [5, 5.41) is 13.3. The first kappa shape index (κ1) is 15.3. The van der Waals surface area contributed by atoms with Crippen molar-refractivity contribution >= 4 is 17.5 Å². The molecule has 0 radical (unpaired) electrons. The maximum Gasteiger partial charge on any atom is 0.313 e. The highest BCUT2D eigenvalue weighted by Crippen LogP contribution is 2.44. The maximum absolute atomic E-state index is 13.0. The summed E-state index contributed by atoms with van der Waals surface area (Å²) in [6.45, 7) is 0.0468. The molecule has 0 aromatic heterocycles. The van der Waals surface area contributed by atoms with E-state index >= 15 is 0 Å². The Labute approximate surface area is 118 Å². The SMILES string of the molecule is O=C(NCC1(CO)CC1)C(=O)Nc1cc(F)c(F)c(F)c1. The normalized spacial score (nSPS) is 15.4. The molecule has 114 valence electrons. The number of nitrogens with one attached hydrogen (secondary N) is 2. The van der Waals surface area contributed by atoms with Gasteiger partial charge in [0.15, 0.2) is 17.5 Å². The molecule has 1 aliphatic rings. The van der Waals surface area contributed by atoms with Gasteiger partial charge in [-0.2, -0.15) is 0 Å². The molecule has 1 fully saturated rings. The summed E-state index contributed by atoms with van der Waals surface area (Å²) in [5.41, 5.74) is -0.737. The van der Waals surface area contributed by atoms with Crippen LogP contribution in [0.15, 0.2) is 12.1 Å². The molecule has 3 N–H and O–H groups in total. The molecule has 0 unspecified atom stereocenters. The lowest BCUT2D eigenvalue weighted by atomic mass is 10.1. The van der Waals surface area contributed by atoms with Gasteiger partial charge in [0, 0.05) is 29.8 Å². The maximum atomic E-state index is 13.0. The van der Waals surface area contributed by atoms with Crippen LogP contribution >= 0.6 is 0 Å². The van der Waals surface area contributed by atoms with Crippen molar-refractivity contribution in [1.82, 2.24) is 5.32 Å². The summed E-state index contributed by atoms with van der Waals surface area (Å²) in [4.78, 5) is 23.0. The summed E-state index contributed by atoms with van der Waals surface area (Å²) in [6, 6.07) is 1.14. The molecule has 0 atom stereocenters. The van der Waals surface area contributed by atoms with Crippen molar-refractivity contribution in [1.29, 1.82) is 0 Å². The van der Waals surface area contributed by atoms with E-state index in [9.17, 15) is 22.8 Å². The highest BCUT2D eigenvalue weighted by atomic mass is 19.2. The first-order valence-corrected chi connectivity index (χ1v) is 6.21. The van der Waals surface area contributed by atoms with Crippen LogP contribution in [0.2, 0.25) is 0 Å². The first-order valence-electron chi connectivity index (χ1n) is 6.21. The topological polar surface area (TPSA) is 78.4 Å². The molecule has 0 spiro atoms. The minimum Gasteiger partial charge on any atom is -0.396 e. The van der Waals surface area contributed by atoms with Gasteiger partial charge in [0.1, 0.15) is 0 Å². The lowest BCUT2D eigenvalue weighted by Crippen LogP contribution is -2.39. The van der Waals surface area contributed by atoms with Crippen molar-refractivity contribution < 1.29 is 27.9 Å². The predicted octanol–water partition coefficient (Wildman–Crippen LogP) is 0.931. The Hall–Kier alpha value is -2.09. The number of benzene rings is 1. The zero-order chi connectivity index (χ0) is 15.6. The zero-order valence-corrected chi connectivity index (χ0v) is 10.9. The first-order chi connectivity index (χ1) is 9.87. The van der Waals surface area contributed by atoms with Crippen LogP contribution in [-0.4, -0.2) is 30.1 Å². The molecule has 0 heterocycles. The van der Waals surface area contributed by atoms with Crippen LogP contribution < -0.4 is 10.6 Å². The predicted molar refractivity (Wildman–Crippen MR) is 66.7 cm³/mol. The minimum atomic E-state index is -1.66. The lowest BCUT2D eigenvalue weighted by Gasteiger charge is -2.12. The van der Waals surface area contributed by atoms with Crippen molar-refractivity contribution in [2.75, 3.05) is 18.5 Å². The van der Waals surface area contributed by atoms with Gasteiger partial charge in [0.2, 0.25) is 0 Å². The standard InChI is InChI=1S/C13H13F3N2O3/c14-8-3-7(4-9(15)10(8)16)18-12(21)11(20)17-5-13(6-19)1-2-13/h3-4,19H,1-2,5-6H2,(H,17,20)(H,18,21). The van der Waals surface area contributed by atoms with Gasteiger partial charge >= 0.3 is 11.8 Å². The van der Waals surface area contributed by atoms with Crippen LogP contribution in [0, 0.1) is 22.9 Å². The number of amides is 2. The summed E-state index contributed by atoms with van der Waals surface area (Å²) >= 11 is 0. The van der Waals surface area contributed by atoms with E-state index in [1.54, 1.807) is 0 Å².